The molecule has 0 aliphatic heterocycles. The van der Waals surface area contributed by atoms with E-state index in [9.17, 15) is 14.0 Å². The highest BCUT2D eigenvalue weighted by molar-refractivity contribution is 14.1. The van der Waals surface area contributed by atoms with Gasteiger partial charge in [0.2, 0.25) is 0 Å². The number of amides is 1. The molecule has 40 heavy (non-hydrogen) atoms. The summed E-state index contributed by atoms with van der Waals surface area (Å²) in [5.74, 6) is 0.237. The molecule has 1 heterocycles. The molecule has 0 saturated heterocycles. The van der Waals surface area contributed by atoms with Crippen molar-refractivity contribution in [1.82, 2.24) is 9.66 Å². The number of anilines is 1. The number of benzene rings is 3. The molecule has 0 atom stereocenters. The van der Waals surface area contributed by atoms with Gasteiger partial charge in [-0.25, -0.2) is 9.37 Å². The van der Waals surface area contributed by atoms with Gasteiger partial charge in [-0.1, -0.05) is 48.8 Å². The minimum Gasteiger partial charge on any atom is -0.490 e. The van der Waals surface area contributed by atoms with Crippen LogP contribution in [-0.2, 0) is 10.2 Å². The van der Waals surface area contributed by atoms with Crippen LogP contribution in [0.2, 0.25) is 0 Å². The molecule has 1 amide bonds. The summed E-state index contributed by atoms with van der Waals surface area (Å²) in [6.07, 6.45) is 1.56. The molecule has 208 valence electrons. The van der Waals surface area contributed by atoms with Crippen LogP contribution in [0.3, 0.4) is 0 Å². The summed E-state index contributed by atoms with van der Waals surface area (Å²) in [7, 11) is 0. The second kappa shape index (κ2) is 12.5. The molecule has 1 aromatic heterocycles. The van der Waals surface area contributed by atoms with Crippen LogP contribution in [0.25, 0.3) is 10.9 Å². The molecule has 0 radical (unpaired) electrons. The molecule has 0 saturated carbocycles. The Morgan fingerprint density at radius 2 is 1.93 bits per heavy atom. The number of para-hydroxylation sites is 1. The summed E-state index contributed by atoms with van der Waals surface area (Å²) >= 11 is 5.50. The molecule has 0 unspecified atom stereocenters. The van der Waals surface area contributed by atoms with E-state index in [0.717, 1.165) is 4.47 Å². The van der Waals surface area contributed by atoms with E-state index in [-0.39, 0.29) is 17.9 Å². The smallest absolute Gasteiger partial charge is 0.282 e. The highest BCUT2D eigenvalue weighted by Crippen LogP contribution is 2.34. The first-order chi connectivity index (χ1) is 19.0. The van der Waals surface area contributed by atoms with Gasteiger partial charge < -0.3 is 14.8 Å². The van der Waals surface area contributed by atoms with Crippen molar-refractivity contribution in [3.8, 4) is 11.5 Å². The molecule has 0 bridgehead atoms. The summed E-state index contributed by atoms with van der Waals surface area (Å²) in [5, 5.41) is 7.47. The maximum Gasteiger partial charge on any atom is 0.282 e. The Kier molecular flexibility index (Phi) is 9.24. The lowest BCUT2D eigenvalue weighted by Crippen LogP contribution is -2.29. The average molecular weight is 721 g/mol. The molecule has 0 spiro atoms. The number of halogens is 3. The molecule has 1 N–H and O–H groups in total. The van der Waals surface area contributed by atoms with Gasteiger partial charge in [-0.05, 0) is 77.5 Å². The molecular formula is C29H27BrFIN4O4. The number of hydrogen-bond acceptors (Lipinski definition) is 6. The van der Waals surface area contributed by atoms with Crippen LogP contribution < -0.4 is 20.3 Å². The van der Waals surface area contributed by atoms with E-state index in [4.69, 9.17) is 14.5 Å². The van der Waals surface area contributed by atoms with Crippen LogP contribution in [0, 0.1) is 9.39 Å². The van der Waals surface area contributed by atoms with Crippen molar-refractivity contribution in [2.45, 2.75) is 33.1 Å². The maximum atomic E-state index is 13.9. The fraction of sp³-hybridized carbons (Fsp3) is 0.241. The zero-order valence-electron chi connectivity index (χ0n) is 22.3. The molecule has 11 heteroatoms. The Morgan fingerprint density at radius 1 is 1.18 bits per heavy atom. The zero-order valence-corrected chi connectivity index (χ0v) is 26.0. The monoisotopic (exact) mass is 720 g/mol. The molecular weight excluding hydrogens is 694 g/mol. The Bertz CT molecular complexity index is 1670. The topological polar surface area (TPSA) is 94.8 Å². The Hall–Kier alpha value is -3.32. The van der Waals surface area contributed by atoms with Gasteiger partial charge in [0.15, 0.2) is 18.1 Å². The highest BCUT2D eigenvalue weighted by Gasteiger charge is 2.23. The summed E-state index contributed by atoms with van der Waals surface area (Å²) in [6.45, 7) is 7.74. The SMILES string of the molecule is CCOc1cc(C=Nn2c(C(C)(C)C)nc3ccc(Br)cc3c2=O)cc(I)c1OCC(=O)Nc1ccccc1F. The Labute approximate surface area is 252 Å². The predicted octanol–water partition coefficient (Wildman–Crippen LogP) is 6.50. The number of aromatic nitrogens is 2. The number of carbonyl (C=O) groups excluding carboxylic acids is 1. The van der Waals surface area contributed by atoms with E-state index in [2.05, 4.69) is 48.9 Å². The fourth-order valence-corrected chi connectivity index (χ4v) is 4.96. The van der Waals surface area contributed by atoms with Crippen molar-refractivity contribution < 1.29 is 18.7 Å². The van der Waals surface area contributed by atoms with E-state index in [1.165, 1.54) is 16.8 Å². The first-order valence-electron chi connectivity index (χ1n) is 12.4. The second-order valence-electron chi connectivity index (χ2n) is 9.79. The standard InChI is InChI=1S/C29H27BrFIN4O4/c1-5-39-24-13-17(12-21(32)26(24)40-16-25(37)34-23-9-7-6-8-20(23)31)15-33-36-27(38)19-14-18(30)10-11-22(19)35-28(36)29(2,3)4/h6-15H,5,16H2,1-4H3,(H,34,37). The van der Waals surface area contributed by atoms with E-state index in [1.807, 2.05) is 33.8 Å². The van der Waals surface area contributed by atoms with Gasteiger partial charge in [-0.3, -0.25) is 9.59 Å². The van der Waals surface area contributed by atoms with Crippen LogP contribution in [0.5, 0.6) is 11.5 Å². The average Bonchev–Trinajstić information content (AvgIpc) is 2.89. The lowest BCUT2D eigenvalue weighted by Gasteiger charge is -2.21. The molecule has 0 aliphatic carbocycles. The van der Waals surface area contributed by atoms with Crippen molar-refractivity contribution >= 4 is 67.2 Å². The minimum atomic E-state index is -0.535. The summed E-state index contributed by atoms with van der Waals surface area (Å²) in [6, 6.07) is 14.8. The molecule has 4 aromatic rings. The van der Waals surface area contributed by atoms with E-state index in [0.29, 0.717) is 44.0 Å². The van der Waals surface area contributed by atoms with Gasteiger partial charge in [0.25, 0.3) is 11.5 Å². The third-order valence-electron chi connectivity index (χ3n) is 5.63. The number of nitrogens with one attached hydrogen (secondary N) is 1. The van der Waals surface area contributed by atoms with Crippen molar-refractivity contribution in [3.05, 3.63) is 90.2 Å². The number of rotatable bonds is 8. The first kappa shape index (κ1) is 29.7. The van der Waals surface area contributed by atoms with Gasteiger partial charge in [-0.15, -0.1) is 0 Å². The second-order valence-corrected chi connectivity index (χ2v) is 11.9. The van der Waals surface area contributed by atoms with Gasteiger partial charge in [0.05, 0.1) is 33.0 Å². The number of ether oxygens (including phenoxy) is 2. The summed E-state index contributed by atoms with van der Waals surface area (Å²) < 4.78 is 28.2. The van der Waals surface area contributed by atoms with Gasteiger partial charge in [0, 0.05) is 9.89 Å². The van der Waals surface area contributed by atoms with Gasteiger partial charge in [0.1, 0.15) is 11.6 Å². The van der Waals surface area contributed by atoms with Crippen molar-refractivity contribution in [1.29, 1.82) is 0 Å². The van der Waals surface area contributed by atoms with Crippen LogP contribution in [-0.4, -0.2) is 35.0 Å². The largest absolute Gasteiger partial charge is 0.490 e. The normalized spacial score (nSPS) is 11.7. The number of nitrogens with zero attached hydrogens (tertiary/aromatic N) is 3. The summed E-state index contributed by atoms with van der Waals surface area (Å²) in [5.41, 5.74) is 0.579. The molecule has 3 aromatic carbocycles. The van der Waals surface area contributed by atoms with Crippen molar-refractivity contribution in [2.24, 2.45) is 5.10 Å². The number of carbonyl (C=O) groups is 1. The van der Waals surface area contributed by atoms with Crippen LogP contribution in [0.1, 0.15) is 39.1 Å². The van der Waals surface area contributed by atoms with E-state index in [1.54, 1.807) is 42.6 Å². The van der Waals surface area contributed by atoms with Crippen LogP contribution >= 0.6 is 38.5 Å². The highest BCUT2D eigenvalue weighted by atomic mass is 127. The molecule has 0 aliphatic rings. The van der Waals surface area contributed by atoms with Crippen molar-refractivity contribution in [3.63, 3.8) is 0 Å². The fourth-order valence-electron chi connectivity index (χ4n) is 3.82. The molecule has 4 rings (SSSR count). The van der Waals surface area contributed by atoms with E-state index < -0.39 is 17.1 Å². The Morgan fingerprint density at radius 3 is 2.62 bits per heavy atom. The molecule has 0 fully saturated rings. The minimum absolute atomic E-state index is 0.0720. The first-order valence-corrected chi connectivity index (χ1v) is 14.3. The van der Waals surface area contributed by atoms with E-state index >= 15 is 0 Å². The van der Waals surface area contributed by atoms with Gasteiger partial charge >= 0.3 is 0 Å². The zero-order chi connectivity index (χ0) is 29.0. The lowest BCUT2D eigenvalue weighted by atomic mass is 9.95. The van der Waals surface area contributed by atoms with Gasteiger partial charge in [-0.2, -0.15) is 9.78 Å². The maximum absolute atomic E-state index is 13.9. The van der Waals surface area contributed by atoms with Crippen molar-refractivity contribution in [2.75, 3.05) is 18.5 Å². The van der Waals surface area contributed by atoms with Crippen LogP contribution in [0.15, 0.2) is 69.0 Å². The quantitative estimate of drug-likeness (QED) is 0.166. The van der Waals surface area contributed by atoms with Crippen LogP contribution in [0.4, 0.5) is 10.1 Å². The lowest BCUT2D eigenvalue weighted by molar-refractivity contribution is -0.118. The third-order valence-corrected chi connectivity index (χ3v) is 6.92. The Balaban J connectivity index is 1.64. The molecule has 8 nitrogen and oxygen atoms in total. The summed E-state index contributed by atoms with van der Waals surface area (Å²) in [4.78, 5) is 30.6. The number of hydrogen-bond donors (Lipinski definition) is 1. The number of fused-ring (bicyclic) bond motifs is 1. The third kappa shape index (κ3) is 6.87. The predicted molar refractivity (Wildman–Crippen MR) is 166 cm³/mol.